The summed E-state index contributed by atoms with van der Waals surface area (Å²) in [7, 11) is 0. The molecule has 0 bridgehead atoms. The Morgan fingerprint density at radius 3 is 2.93 bits per heavy atom. The van der Waals surface area contributed by atoms with Crippen LogP contribution < -0.4 is 0 Å². The van der Waals surface area contributed by atoms with Crippen molar-refractivity contribution in [1.29, 1.82) is 0 Å². The maximum atomic E-state index is 5.97. The molecule has 0 radical (unpaired) electrons. The molecule has 1 aromatic heterocycles. The van der Waals surface area contributed by atoms with E-state index in [9.17, 15) is 0 Å². The lowest BCUT2D eigenvalue weighted by molar-refractivity contribution is -0.0813. The SMILES string of the molecule is C1CCC2(C1)CC(c1nn[nH]n1)CCO2. The molecule has 1 aliphatic heterocycles. The monoisotopic (exact) mass is 208 g/mol. The molecule has 1 saturated carbocycles. The smallest absolute Gasteiger partial charge is 0.177 e. The van der Waals surface area contributed by atoms with Crippen molar-refractivity contribution in [2.45, 2.75) is 50.0 Å². The Kier molecular flexibility index (Phi) is 2.20. The van der Waals surface area contributed by atoms with Gasteiger partial charge in [0.05, 0.1) is 5.60 Å². The zero-order valence-corrected chi connectivity index (χ0v) is 8.78. The predicted octanol–water partition coefficient (Wildman–Crippen LogP) is 1.41. The number of H-pyrrole nitrogens is 1. The molecule has 3 rings (SSSR count). The van der Waals surface area contributed by atoms with Gasteiger partial charge in [0.2, 0.25) is 0 Å². The lowest BCUT2D eigenvalue weighted by Gasteiger charge is -2.37. The second kappa shape index (κ2) is 3.56. The second-order valence-corrected chi connectivity index (χ2v) is 4.70. The third kappa shape index (κ3) is 1.65. The molecule has 1 aromatic rings. The average Bonchev–Trinajstić information content (AvgIpc) is 2.89. The Labute approximate surface area is 88.6 Å². The van der Waals surface area contributed by atoms with Gasteiger partial charge >= 0.3 is 0 Å². The van der Waals surface area contributed by atoms with Gasteiger partial charge in [-0.2, -0.15) is 5.21 Å². The number of ether oxygens (including phenoxy) is 1. The van der Waals surface area contributed by atoms with Crippen LogP contribution in [0.3, 0.4) is 0 Å². The fraction of sp³-hybridized carbons (Fsp3) is 0.900. The summed E-state index contributed by atoms with van der Waals surface area (Å²) < 4.78 is 5.97. The Bertz CT molecular complexity index is 318. The lowest BCUT2D eigenvalue weighted by atomic mass is 9.84. The fourth-order valence-corrected chi connectivity index (χ4v) is 2.96. The molecule has 1 saturated heterocycles. The average molecular weight is 208 g/mol. The van der Waals surface area contributed by atoms with E-state index in [0.717, 1.165) is 25.3 Å². The van der Waals surface area contributed by atoms with E-state index in [0.29, 0.717) is 5.92 Å². The molecule has 15 heavy (non-hydrogen) atoms. The van der Waals surface area contributed by atoms with Gasteiger partial charge < -0.3 is 4.74 Å². The number of rotatable bonds is 1. The van der Waals surface area contributed by atoms with Gasteiger partial charge in [0.1, 0.15) is 0 Å². The van der Waals surface area contributed by atoms with Gasteiger partial charge in [0.25, 0.3) is 0 Å². The molecule has 82 valence electrons. The maximum absolute atomic E-state index is 5.97. The van der Waals surface area contributed by atoms with Crippen LogP contribution in [0.5, 0.6) is 0 Å². The summed E-state index contributed by atoms with van der Waals surface area (Å²) in [6, 6.07) is 0. The number of hydrogen-bond acceptors (Lipinski definition) is 4. The third-order valence-electron chi connectivity index (χ3n) is 3.73. The summed E-state index contributed by atoms with van der Waals surface area (Å²) >= 11 is 0. The van der Waals surface area contributed by atoms with Gasteiger partial charge in [0.15, 0.2) is 5.82 Å². The zero-order valence-electron chi connectivity index (χ0n) is 8.78. The van der Waals surface area contributed by atoms with Gasteiger partial charge in [-0.15, -0.1) is 10.2 Å². The Balaban J connectivity index is 1.76. The molecule has 2 heterocycles. The largest absolute Gasteiger partial charge is 0.375 e. The van der Waals surface area contributed by atoms with Gasteiger partial charge in [-0.1, -0.05) is 18.1 Å². The van der Waals surface area contributed by atoms with Crippen molar-refractivity contribution in [2.24, 2.45) is 0 Å². The summed E-state index contributed by atoms with van der Waals surface area (Å²) in [6.07, 6.45) is 7.13. The highest BCUT2D eigenvalue weighted by molar-refractivity contribution is 5.01. The van der Waals surface area contributed by atoms with Crippen molar-refractivity contribution >= 4 is 0 Å². The quantitative estimate of drug-likeness (QED) is 0.757. The van der Waals surface area contributed by atoms with Crippen molar-refractivity contribution in [3.8, 4) is 0 Å². The first-order valence-electron chi connectivity index (χ1n) is 5.75. The van der Waals surface area contributed by atoms with Crippen LogP contribution in [0.1, 0.15) is 50.3 Å². The first-order chi connectivity index (χ1) is 7.38. The number of tetrazole rings is 1. The van der Waals surface area contributed by atoms with E-state index in [1.165, 1.54) is 25.7 Å². The number of nitrogens with zero attached hydrogens (tertiary/aromatic N) is 3. The zero-order chi connectivity index (χ0) is 10.1. The van der Waals surface area contributed by atoms with Gasteiger partial charge in [-0.05, 0) is 25.7 Å². The van der Waals surface area contributed by atoms with Crippen molar-refractivity contribution < 1.29 is 4.74 Å². The molecule has 2 aliphatic rings. The summed E-state index contributed by atoms with van der Waals surface area (Å²) in [5.41, 5.74) is 0.142. The fourth-order valence-electron chi connectivity index (χ4n) is 2.96. The number of hydrogen-bond donors (Lipinski definition) is 1. The van der Waals surface area contributed by atoms with E-state index in [2.05, 4.69) is 20.6 Å². The summed E-state index contributed by atoms with van der Waals surface area (Å²) in [6.45, 7) is 0.846. The summed E-state index contributed by atoms with van der Waals surface area (Å²) in [4.78, 5) is 0. The van der Waals surface area contributed by atoms with E-state index in [-0.39, 0.29) is 5.60 Å². The van der Waals surface area contributed by atoms with E-state index >= 15 is 0 Å². The number of aromatic amines is 1. The Morgan fingerprint density at radius 1 is 1.33 bits per heavy atom. The molecule has 2 fully saturated rings. The third-order valence-corrected chi connectivity index (χ3v) is 3.73. The Hall–Kier alpha value is -0.970. The minimum Gasteiger partial charge on any atom is -0.375 e. The molecular weight excluding hydrogens is 192 g/mol. The summed E-state index contributed by atoms with van der Waals surface area (Å²) in [5.74, 6) is 1.31. The van der Waals surface area contributed by atoms with Gasteiger partial charge in [-0.25, -0.2) is 0 Å². The highest BCUT2D eigenvalue weighted by Gasteiger charge is 2.41. The van der Waals surface area contributed by atoms with Crippen LogP contribution in [0.4, 0.5) is 0 Å². The molecule has 5 heteroatoms. The highest BCUT2D eigenvalue weighted by atomic mass is 16.5. The molecule has 0 amide bonds. The minimum absolute atomic E-state index is 0.142. The first-order valence-corrected chi connectivity index (χ1v) is 5.75. The topological polar surface area (TPSA) is 63.7 Å². The molecule has 1 aliphatic carbocycles. The molecular formula is C10H16N4O. The van der Waals surface area contributed by atoms with Crippen molar-refractivity contribution in [3.05, 3.63) is 5.82 Å². The highest BCUT2D eigenvalue weighted by Crippen LogP contribution is 2.44. The predicted molar refractivity (Wildman–Crippen MR) is 53.3 cm³/mol. The second-order valence-electron chi connectivity index (χ2n) is 4.70. The van der Waals surface area contributed by atoms with Gasteiger partial charge in [0, 0.05) is 12.5 Å². The van der Waals surface area contributed by atoms with Crippen LogP contribution >= 0.6 is 0 Å². The van der Waals surface area contributed by atoms with E-state index in [1.807, 2.05) is 0 Å². The number of nitrogens with one attached hydrogen (secondary N) is 1. The molecule has 5 nitrogen and oxygen atoms in total. The lowest BCUT2D eigenvalue weighted by Crippen LogP contribution is -2.36. The molecule has 1 unspecified atom stereocenters. The molecule has 0 aromatic carbocycles. The number of aromatic nitrogens is 4. The van der Waals surface area contributed by atoms with Crippen molar-refractivity contribution in [1.82, 2.24) is 20.6 Å². The molecule has 1 atom stereocenters. The Morgan fingerprint density at radius 2 is 2.20 bits per heavy atom. The van der Waals surface area contributed by atoms with Crippen LogP contribution in [-0.2, 0) is 4.74 Å². The maximum Gasteiger partial charge on any atom is 0.177 e. The van der Waals surface area contributed by atoms with Crippen LogP contribution in [0.15, 0.2) is 0 Å². The van der Waals surface area contributed by atoms with Crippen LogP contribution in [-0.4, -0.2) is 32.8 Å². The minimum atomic E-state index is 0.142. The van der Waals surface area contributed by atoms with Crippen molar-refractivity contribution in [2.75, 3.05) is 6.61 Å². The van der Waals surface area contributed by atoms with E-state index < -0.39 is 0 Å². The van der Waals surface area contributed by atoms with Crippen molar-refractivity contribution in [3.63, 3.8) is 0 Å². The summed E-state index contributed by atoms with van der Waals surface area (Å²) in [5, 5.41) is 14.4. The van der Waals surface area contributed by atoms with Crippen LogP contribution in [0.25, 0.3) is 0 Å². The van der Waals surface area contributed by atoms with Crippen LogP contribution in [0.2, 0.25) is 0 Å². The van der Waals surface area contributed by atoms with E-state index in [1.54, 1.807) is 0 Å². The first kappa shape index (κ1) is 9.27. The standard InChI is InChI=1S/C10H16N4O/c1-2-5-10(4-1)7-8(3-6-15-10)9-11-13-14-12-9/h8H,1-7H2,(H,11,12,13,14). The normalized spacial score (nSPS) is 29.7. The van der Waals surface area contributed by atoms with E-state index in [4.69, 9.17) is 4.74 Å². The van der Waals surface area contributed by atoms with Crippen LogP contribution in [0, 0.1) is 0 Å². The van der Waals surface area contributed by atoms with Gasteiger partial charge in [-0.3, -0.25) is 0 Å². The molecule has 1 spiro atoms. The molecule has 1 N–H and O–H groups in total.